The van der Waals surface area contributed by atoms with Crippen molar-refractivity contribution in [3.63, 3.8) is 0 Å². The van der Waals surface area contributed by atoms with Gasteiger partial charge in [-0.25, -0.2) is 0 Å². The van der Waals surface area contributed by atoms with Gasteiger partial charge in [0.1, 0.15) is 0 Å². The molecule has 0 aromatic heterocycles. The molecular weight excluding hydrogens is 276 g/mol. The molecular formula is C15H11BrO. The first kappa shape index (κ1) is 10.7. The van der Waals surface area contributed by atoms with E-state index >= 15 is 0 Å². The summed E-state index contributed by atoms with van der Waals surface area (Å²) in [5.74, 6) is 0.103. The van der Waals surface area contributed by atoms with Crippen LogP contribution in [0.5, 0.6) is 0 Å². The standard InChI is InChI=1S/C15H11BrO/c1-2-10-11-7-3-5-9-6-4-8-12(13(9)11)15(17)14(10)16/h3-8H,2H2,1H3. The molecule has 0 heterocycles. The summed E-state index contributed by atoms with van der Waals surface area (Å²) in [5.41, 5.74) is 3.11. The first-order chi connectivity index (χ1) is 8.24. The Labute approximate surface area is 108 Å². The van der Waals surface area contributed by atoms with Crippen molar-refractivity contribution in [1.82, 2.24) is 0 Å². The average Bonchev–Trinajstić information content (AvgIpc) is 2.37. The minimum Gasteiger partial charge on any atom is -0.288 e. The Bertz CT molecular complexity index is 662. The molecule has 0 N–H and O–H groups in total. The molecule has 2 aromatic rings. The Morgan fingerprint density at radius 2 is 1.71 bits per heavy atom. The van der Waals surface area contributed by atoms with E-state index in [1.165, 1.54) is 5.56 Å². The summed E-state index contributed by atoms with van der Waals surface area (Å²) in [6, 6.07) is 12.1. The van der Waals surface area contributed by atoms with Gasteiger partial charge < -0.3 is 0 Å². The molecule has 0 spiro atoms. The van der Waals surface area contributed by atoms with Gasteiger partial charge in [-0.05, 0) is 38.9 Å². The molecule has 84 valence electrons. The van der Waals surface area contributed by atoms with Crippen LogP contribution in [-0.4, -0.2) is 5.78 Å². The lowest BCUT2D eigenvalue weighted by atomic mass is 9.86. The monoisotopic (exact) mass is 286 g/mol. The lowest BCUT2D eigenvalue weighted by molar-refractivity contribution is 0.104. The molecule has 1 aliphatic rings. The molecule has 1 nitrogen and oxygen atoms in total. The third-order valence-corrected chi connectivity index (χ3v) is 4.13. The number of carbonyl (C=O) groups is 1. The quantitative estimate of drug-likeness (QED) is 0.752. The molecule has 3 rings (SSSR count). The largest absolute Gasteiger partial charge is 0.288 e. The topological polar surface area (TPSA) is 17.1 Å². The zero-order chi connectivity index (χ0) is 12.0. The normalized spacial score (nSPS) is 14.6. The number of ketones is 1. The van der Waals surface area contributed by atoms with Gasteiger partial charge in [-0.1, -0.05) is 43.3 Å². The van der Waals surface area contributed by atoms with Crippen LogP contribution in [0.4, 0.5) is 0 Å². The first-order valence-electron chi connectivity index (χ1n) is 5.69. The highest BCUT2D eigenvalue weighted by Crippen LogP contribution is 2.39. The zero-order valence-electron chi connectivity index (χ0n) is 9.46. The Morgan fingerprint density at radius 3 is 2.35 bits per heavy atom. The predicted molar refractivity (Wildman–Crippen MR) is 74.4 cm³/mol. The van der Waals surface area contributed by atoms with E-state index in [1.807, 2.05) is 18.2 Å². The van der Waals surface area contributed by atoms with E-state index in [0.717, 1.165) is 28.3 Å². The van der Waals surface area contributed by atoms with E-state index in [1.54, 1.807) is 0 Å². The highest BCUT2D eigenvalue weighted by molar-refractivity contribution is 9.12. The van der Waals surface area contributed by atoms with Gasteiger partial charge in [0.2, 0.25) is 5.78 Å². The summed E-state index contributed by atoms with van der Waals surface area (Å²) in [4.78, 5) is 12.3. The van der Waals surface area contributed by atoms with Crippen molar-refractivity contribution in [3.8, 4) is 0 Å². The first-order valence-corrected chi connectivity index (χ1v) is 6.48. The summed E-state index contributed by atoms with van der Waals surface area (Å²) >= 11 is 3.45. The number of carbonyl (C=O) groups excluding carboxylic acids is 1. The van der Waals surface area contributed by atoms with Crippen molar-refractivity contribution in [1.29, 1.82) is 0 Å². The second-order valence-corrected chi connectivity index (χ2v) is 4.98. The summed E-state index contributed by atoms with van der Waals surface area (Å²) in [5, 5.41) is 2.24. The van der Waals surface area contributed by atoms with Crippen LogP contribution in [0.15, 0.2) is 40.9 Å². The molecule has 0 amide bonds. The highest BCUT2D eigenvalue weighted by Gasteiger charge is 2.24. The van der Waals surface area contributed by atoms with Crippen LogP contribution in [0, 0.1) is 0 Å². The molecule has 0 unspecified atom stereocenters. The van der Waals surface area contributed by atoms with Crippen molar-refractivity contribution in [2.24, 2.45) is 0 Å². The van der Waals surface area contributed by atoms with Crippen LogP contribution in [0.2, 0.25) is 0 Å². The number of rotatable bonds is 1. The minimum absolute atomic E-state index is 0.103. The second kappa shape index (κ2) is 3.81. The summed E-state index contributed by atoms with van der Waals surface area (Å²) in [6.07, 6.45) is 0.861. The fourth-order valence-electron chi connectivity index (χ4n) is 2.50. The number of allylic oxidation sites excluding steroid dienone is 2. The summed E-state index contributed by atoms with van der Waals surface area (Å²) < 4.78 is 0.714. The highest BCUT2D eigenvalue weighted by atomic mass is 79.9. The number of hydrogen-bond acceptors (Lipinski definition) is 1. The van der Waals surface area contributed by atoms with Gasteiger partial charge in [-0.2, -0.15) is 0 Å². The smallest absolute Gasteiger partial charge is 0.200 e. The van der Waals surface area contributed by atoms with Crippen LogP contribution in [0.3, 0.4) is 0 Å². The molecule has 0 aliphatic heterocycles. The molecule has 2 aromatic carbocycles. The van der Waals surface area contributed by atoms with E-state index < -0.39 is 0 Å². The molecule has 1 aliphatic carbocycles. The molecule has 0 radical (unpaired) electrons. The lowest BCUT2D eigenvalue weighted by Crippen LogP contribution is -2.08. The van der Waals surface area contributed by atoms with E-state index in [9.17, 15) is 4.79 Å². The van der Waals surface area contributed by atoms with Gasteiger partial charge in [0.25, 0.3) is 0 Å². The van der Waals surface area contributed by atoms with E-state index in [-0.39, 0.29) is 5.78 Å². The molecule has 0 bridgehead atoms. The van der Waals surface area contributed by atoms with Crippen molar-refractivity contribution in [3.05, 3.63) is 52.0 Å². The number of Topliss-reactive ketones (excluding diaryl/α,β-unsaturated/α-hetero) is 1. The SMILES string of the molecule is CCC1=C(Br)C(=O)c2cccc3cccc1c23. The van der Waals surface area contributed by atoms with Crippen LogP contribution in [0.25, 0.3) is 16.3 Å². The van der Waals surface area contributed by atoms with Crippen molar-refractivity contribution in [2.45, 2.75) is 13.3 Å². The van der Waals surface area contributed by atoms with E-state index in [4.69, 9.17) is 0 Å². The van der Waals surface area contributed by atoms with Crippen molar-refractivity contribution < 1.29 is 4.79 Å². The Balaban J connectivity index is 2.51. The predicted octanol–water partition coefficient (Wildman–Crippen LogP) is 4.55. The van der Waals surface area contributed by atoms with Crippen LogP contribution in [-0.2, 0) is 0 Å². The van der Waals surface area contributed by atoms with Gasteiger partial charge >= 0.3 is 0 Å². The third kappa shape index (κ3) is 1.40. The van der Waals surface area contributed by atoms with Gasteiger partial charge in [-0.15, -0.1) is 0 Å². The van der Waals surface area contributed by atoms with Crippen molar-refractivity contribution >= 4 is 38.1 Å². The molecule has 0 fully saturated rings. The van der Waals surface area contributed by atoms with E-state index in [2.05, 4.69) is 41.1 Å². The molecule has 0 saturated carbocycles. The number of halogens is 1. The Kier molecular flexibility index (Phi) is 2.40. The molecule has 17 heavy (non-hydrogen) atoms. The van der Waals surface area contributed by atoms with Gasteiger partial charge in [0.15, 0.2) is 0 Å². The zero-order valence-corrected chi connectivity index (χ0v) is 11.0. The van der Waals surface area contributed by atoms with Crippen LogP contribution < -0.4 is 0 Å². The van der Waals surface area contributed by atoms with Gasteiger partial charge in [-0.3, -0.25) is 4.79 Å². The molecule has 0 atom stereocenters. The Morgan fingerprint density at radius 1 is 1.06 bits per heavy atom. The van der Waals surface area contributed by atoms with Gasteiger partial charge in [0.05, 0.1) is 4.48 Å². The Hall–Kier alpha value is -1.41. The van der Waals surface area contributed by atoms with Crippen molar-refractivity contribution in [2.75, 3.05) is 0 Å². The van der Waals surface area contributed by atoms with Crippen LogP contribution >= 0.6 is 15.9 Å². The average molecular weight is 287 g/mol. The maximum Gasteiger partial charge on any atom is 0.200 e. The fraction of sp³-hybridized carbons (Fsp3) is 0.133. The fourth-order valence-corrected chi connectivity index (χ4v) is 3.21. The summed E-state index contributed by atoms with van der Waals surface area (Å²) in [6.45, 7) is 2.08. The number of hydrogen-bond donors (Lipinski definition) is 0. The maximum absolute atomic E-state index is 12.3. The van der Waals surface area contributed by atoms with E-state index in [0.29, 0.717) is 4.48 Å². The minimum atomic E-state index is 0.103. The number of benzene rings is 2. The summed E-state index contributed by atoms with van der Waals surface area (Å²) in [7, 11) is 0. The molecule has 2 heteroatoms. The molecule has 0 saturated heterocycles. The van der Waals surface area contributed by atoms with Gasteiger partial charge in [0, 0.05) is 10.9 Å². The maximum atomic E-state index is 12.3. The van der Waals surface area contributed by atoms with Crippen LogP contribution in [0.1, 0.15) is 29.3 Å². The lowest BCUT2D eigenvalue weighted by Gasteiger charge is -2.19. The second-order valence-electron chi connectivity index (χ2n) is 4.18. The third-order valence-electron chi connectivity index (χ3n) is 3.29.